The van der Waals surface area contributed by atoms with E-state index in [-0.39, 0.29) is 6.09 Å². The number of rotatable bonds is 1. The Hall–Kier alpha value is -0.770. The number of carbonyl (C=O) groups is 1. The predicted molar refractivity (Wildman–Crippen MR) is 48.5 cm³/mol. The maximum Gasteiger partial charge on any atom is 0.409 e. The summed E-state index contributed by atoms with van der Waals surface area (Å²) in [5.74, 6) is 0.623. The summed E-state index contributed by atoms with van der Waals surface area (Å²) >= 11 is 0. The van der Waals surface area contributed by atoms with Crippen LogP contribution in [0.5, 0.6) is 0 Å². The van der Waals surface area contributed by atoms with Gasteiger partial charge >= 0.3 is 6.09 Å². The van der Waals surface area contributed by atoms with Crippen LogP contribution in [0.25, 0.3) is 0 Å². The lowest BCUT2D eigenvalue weighted by molar-refractivity contribution is 0.162. The minimum Gasteiger partial charge on any atom is -0.447 e. The van der Waals surface area contributed by atoms with Gasteiger partial charge in [-0.05, 0) is 31.8 Å². The van der Waals surface area contributed by atoms with Crippen molar-refractivity contribution in [1.29, 1.82) is 0 Å². The number of nitrogens with one attached hydrogen (secondary N) is 1. The average Bonchev–Trinajstić information content (AvgIpc) is 2.49. The molecule has 0 saturated carbocycles. The van der Waals surface area contributed by atoms with E-state index in [1.54, 1.807) is 4.90 Å². The van der Waals surface area contributed by atoms with E-state index in [1.165, 1.54) is 0 Å². The third kappa shape index (κ3) is 1.63. The second-order valence-corrected chi connectivity index (χ2v) is 3.84. The molecule has 0 bridgehead atoms. The van der Waals surface area contributed by atoms with Crippen molar-refractivity contribution in [3.63, 3.8) is 0 Å². The molecule has 2 saturated heterocycles. The molecule has 1 amide bonds. The van der Waals surface area contributed by atoms with Crippen molar-refractivity contribution >= 4 is 6.09 Å². The van der Waals surface area contributed by atoms with Crippen molar-refractivity contribution in [3.05, 3.63) is 0 Å². The summed E-state index contributed by atoms with van der Waals surface area (Å²) in [6.07, 6.45) is 2.15. The van der Waals surface area contributed by atoms with Gasteiger partial charge in [-0.25, -0.2) is 4.79 Å². The number of nitrogens with zero attached hydrogens (tertiary/aromatic N) is 1. The minimum atomic E-state index is -0.163. The van der Waals surface area contributed by atoms with E-state index < -0.39 is 0 Å². The highest BCUT2D eigenvalue weighted by atomic mass is 16.6. The van der Waals surface area contributed by atoms with E-state index in [0.717, 1.165) is 25.9 Å². The van der Waals surface area contributed by atoms with Gasteiger partial charge in [-0.2, -0.15) is 0 Å². The quantitative estimate of drug-likeness (QED) is 0.643. The third-order valence-corrected chi connectivity index (χ3v) is 3.09. The van der Waals surface area contributed by atoms with Crippen molar-refractivity contribution in [2.45, 2.75) is 18.9 Å². The molecular formula is C9H16N2O2. The number of carbonyl (C=O) groups excluding carboxylic acids is 1. The topological polar surface area (TPSA) is 41.6 Å². The van der Waals surface area contributed by atoms with Gasteiger partial charge in [-0.15, -0.1) is 0 Å². The number of amides is 1. The first-order valence-electron chi connectivity index (χ1n) is 4.89. The third-order valence-electron chi connectivity index (χ3n) is 3.09. The Bertz CT molecular complexity index is 202. The van der Waals surface area contributed by atoms with Gasteiger partial charge in [0.05, 0.1) is 6.04 Å². The normalized spacial score (nSPS) is 30.7. The summed E-state index contributed by atoms with van der Waals surface area (Å²) in [5, 5.41) is 3.32. The van der Waals surface area contributed by atoms with E-state index in [9.17, 15) is 4.79 Å². The molecule has 13 heavy (non-hydrogen) atoms. The Labute approximate surface area is 78.2 Å². The van der Waals surface area contributed by atoms with Crippen molar-refractivity contribution in [2.24, 2.45) is 5.92 Å². The monoisotopic (exact) mass is 184 g/mol. The van der Waals surface area contributed by atoms with Gasteiger partial charge in [-0.1, -0.05) is 0 Å². The Kier molecular flexibility index (Phi) is 2.40. The van der Waals surface area contributed by atoms with Gasteiger partial charge in [0, 0.05) is 7.05 Å². The molecule has 2 heterocycles. The van der Waals surface area contributed by atoms with E-state index in [1.807, 2.05) is 7.05 Å². The van der Waals surface area contributed by atoms with Crippen LogP contribution in [0.3, 0.4) is 0 Å². The Morgan fingerprint density at radius 2 is 2.15 bits per heavy atom. The van der Waals surface area contributed by atoms with E-state index in [0.29, 0.717) is 18.6 Å². The van der Waals surface area contributed by atoms with Crippen molar-refractivity contribution in [2.75, 3.05) is 26.7 Å². The van der Waals surface area contributed by atoms with Crippen molar-refractivity contribution in [3.8, 4) is 0 Å². The highest BCUT2D eigenvalue weighted by Crippen LogP contribution is 2.24. The highest BCUT2D eigenvalue weighted by Gasteiger charge is 2.35. The maximum absolute atomic E-state index is 11.1. The fourth-order valence-corrected chi connectivity index (χ4v) is 2.19. The number of hydrogen-bond acceptors (Lipinski definition) is 3. The van der Waals surface area contributed by atoms with E-state index in [2.05, 4.69) is 5.32 Å². The van der Waals surface area contributed by atoms with Crippen LogP contribution in [0.1, 0.15) is 12.8 Å². The first-order valence-corrected chi connectivity index (χ1v) is 4.89. The Balaban J connectivity index is 1.95. The maximum atomic E-state index is 11.1. The van der Waals surface area contributed by atoms with Gasteiger partial charge in [0.25, 0.3) is 0 Å². The molecule has 2 fully saturated rings. The van der Waals surface area contributed by atoms with Crippen LogP contribution in [0.15, 0.2) is 0 Å². The molecule has 74 valence electrons. The van der Waals surface area contributed by atoms with E-state index in [4.69, 9.17) is 4.74 Å². The van der Waals surface area contributed by atoms with Crippen LogP contribution in [-0.4, -0.2) is 43.8 Å². The number of likely N-dealkylation sites (N-methyl/N-ethyl adjacent to an activating group) is 1. The smallest absolute Gasteiger partial charge is 0.409 e. The zero-order chi connectivity index (χ0) is 9.26. The molecule has 4 nitrogen and oxygen atoms in total. The molecule has 1 atom stereocenters. The molecule has 0 aromatic carbocycles. The second-order valence-electron chi connectivity index (χ2n) is 3.84. The van der Waals surface area contributed by atoms with Crippen LogP contribution < -0.4 is 5.32 Å². The number of cyclic esters (lactones) is 1. The zero-order valence-corrected chi connectivity index (χ0v) is 7.95. The molecule has 2 rings (SSSR count). The number of piperidine rings is 1. The summed E-state index contributed by atoms with van der Waals surface area (Å²) in [6, 6.07) is 0.314. The molecule has 1 unspecified atom stereocenters. The molecule has 0 spiro atoms. The van der Waals surface area contributed by atoms with Crippen molar-refractivity contribution in [1.82, 2.24) is 10.2 Å². The van der Waals surface area contributed by atoms with Crippen LogP contribution in [0, 0.1) is 5.92 Å². The molecule has 0 radical (unpaired) electrons. The first kappa shape index (κ1) is 8.81. The second kappa shape index (κ2) is 3.54. The van der Waals surface area contributed by atoms with E-state index >= 15 is 0 Å². The van der Waals surface area contributed by atoms with Gasteiger partial charge in [-0.3, -0.25) is 0 Å². The summed E-state index contributed by atoms with van der Waals surface area (Å²) in [7, 11) is 1.84. The largest absolute Gasteiger partial charge is 0.447 e. The van der Waals surface area contributed by atoms with Gasteiger partial charge in [0.15, 0.2) is 0 Å². The lowest BCUT2D eigenvalue weighted by Crippen LogP contribution is -2.41. The van der Waals surface area contributed by atoms with Crippen LogP contribution in [0.4, 0.5) is 4.79 Å². The molecule has 2 aliphatic heterocycles. The Morgan fingerprint density at radius 3 is 2.69 bits per heavy atom. The minimum absolute atomic E-state index is 0.163. The summed E-state index contributed by atoms with van der Waals surface area (Å²) < 4.78 is 5.00. The SMILES string of the molecule is CN1C(=O)OCC1C1CCNCC1. The fourth-order valence-electron chi connectivity index (χ4n) is 2.19. The van der Waals surface area contributed by atoms with Crippen molar-refractivity contribution < 1.29 is 9.53 Å². The van der Waals surface area contributed by atoms with Gasteiger partial charge in [0.2, 0.25) is 0 Å². The summed E-state index contributed by atoms with van der Waals surface area (Å²) in [4.78, 5) is 12.9. The standard InChI is InChI=1S/C9H16N2O2/c1-11-8(6-13-9(11)12)7-2-4-10-5-3-7/h7-8,10H,2-6H2,1H3. The van der Waals surface area contributed by atoms with Crippen LogP contribution in [-0.2, 0) is 4.74 Å². The molecule has 4 heteroatoms. The zero-order valence-electron chi connectivity index (χ0n) is 7.95. The predicted octanol–water partition coefficient (Wildman–Crippen LogP) is 0.437. The lowest BCUT2D eigenvalue weighted by atomic mass is 9.90. The fraction of sp³-hybridized carbons (Fsp3) is 0.889. The van der Waals surface area contributed by atoms with Crippen LogP contribution >= 0.6 is 0 Å². The summed E-state index contributed by atoms with van der Waals surface area (Å²) in [6.45, 7) is 2.73. The highest BCUT2D eigenvalue weighted by molar-refractivity contribution is 5.69. The molecule has 0 aromatic rings. The lowest BCUT2D eigenvalue weighted by Gasteiger charge is -2.29. The molecule has 0 aromatic heterocycles. The van der Waals surface area contributed by atoms with Crippen LogP contribution in [0.2, 0.25) is 0 Å². The number of ether oxygens (including phenoxy) is 1. The summed E-state index contributed by atoms with van der Waals surface area (Å²) in [5.41, 5.74) is 0. The molecular weight excluding hydrogens is 168 g/mol. The first-order chi connectivity index (χ1) is 6.29. The Morgan fingerprint density at radius 1 is 1.46 bits per heavy atom. The number of hydrogen-bond donors (Lipinski definition) is 1. The van der Waals surface area contributed by atoms with Gasteiger partial charge in [0.1, 0.15) is 6.61 Å². The molecule has 2 aliphatic rings. The molecule has 1 N–H and O–H groups in total. The molecule has 0 aliphatic carbocycles. The average molecular weight is 184 g/mol. The van der Waals surface area contributed by atoms with Gasteiger partial charge < -0.3 is 15.0 Å².